The summed E-state index contributed by atoms with van der Waals surface area (Å²) in [6.07, 6.45) is -1.68. The number of Topliss-reactive ketones (excluding diaryl/α,β-unsaturated/α-hetero) is 1. The Morgan fingerprint density at radius 1 is 0.947 bits per heavy atom. The van der Waals surface area contributed by atoms with Gasteiger partial charge in [-0.05, 0) is 42.2 Å². The van der Waals surface area contributed by atoms with Gasteiger partial charge in [-0.1, -0.05) is 54.6 Å². The average Bonchev–Trinajstić information content (AvgIpc) is 3.41. The second-order valence-corrected chi connectivity index (χ2v) is 9.17. The van der Waals surface area contributed by atoms with Crippen molar-refractivity contribution in [2.45, 2.75) is 38.1 Å². The fourth-order valence-corrected chi connectivity index (χ4v) is 4.42. The maximum Gasteiger partial charge on any atom is 0.437 e. The van der Waals surface area contributed by atoms with Crippen LogP contribution < -0.4 is 4.90 Å². The molecule has 1 fully saturated rings. The highest BCUT2D eigenvalue weighted by atomic mass is 19.4. The van der Waals surface area contributed by atoms with Gasteiger partial charge >= 0.3 is 6.18 Å². The molecule has 0 N–H and O–H groups in total. The summed E-state index contributed by atoms with van der Waals surface area (Å²) in [5, 5.41) is 0. The number of piperidine rings is 1. The van der Waals surface area contributed by atoms with Crippen molar-refractivity contribution in [2.75, 3.05) is 18.0 Å². The van der Waals surface area contributed by atoms with E-state index in [1.165, 1.54) is 6.20 Å². The first-order valence-electron chi connectivity index (χ1n) is 12.4. The van der Waals surface area contributed by atoms with E-state index < -0.39 is 23.4 Å². The first-order valence-corrected chi connectivity index (χ1v) is 12.4. The molecule has 0 bridgehead atoms. The largest absolute Gasteiger partial charge is 0.437 e. The van der Waals surface area contributed by atoms with Gasteiger partial charge in [0.2, 0.25) is 17.4 Å². The smallest absolute Gasteiger partial charge is 0.432 e. The Labute approximate surface area is 218 Å². The molecule has 0 amide bonds. The number of oxazole rings is 1. The van der Waals surface area contributed by atoms with Gasteiger partial charge in [0.05, 0.1) is 12.7 Å². The summed E-state index contributed by atoms with van der Waals surface area (Å²) in [5.74, 6) is -1.09. The molecule has 1 aliphatic rings. The van der Waals surface area contributed by atoms with Crippen molar-refractivity contribution >= 4 is 11.6 Å². The number of benzene rings is 2. The highest BCUT2D eigenvalue weighted by molar-refractivity contribution is 5.96. The lowest BCUT2D eigenvalue weighted by molar-refractivity contribution is -0.141. The molecule has 2 aromatic heterocycles. The zero-order chi connectivity index (χ0) is 26.5. The lowest BCUT2D eigenvalue weighted by Crippen LogP contribution is -2.37. The van der Waals surface area contributed by atoms with Crippen molar-refractivity contribution in [3.8, 4) is 11.5 Å². The summed E-state index contributed by atoms with van der Waals surface area (Å²) in [6.45, 7) is 2.14. The van der Waals surface area contributed by atoms with E-state index in [-0.39, 0.29) is 18.4 Å². The van der Waals surface area contributed by atoms with Gasteiger partial charge in [-0.15, -0.1) is 0 Å². The van der Waals surface area contributed by atoms with Crippen LogP contribution in [0.2, 0.25) is 0 Å². The van der Waals surface area contributed by atoms with E-state index in [1.54, 1.807) is 42.5 Å². The number of anilines is 1. The molecule has 1 aliphatic heterocycles. The van der Waals surface area contributed by atoms with Crippen LogP contribution in [0.4, 0.5) is 19.0 Å². The molecule has 38 heavy (non-hydrogen) atoms. The van der Waals surface area contributed by atoms with Gasteiger partial charge < -0.3 is 14.1 Å². The minimum Gasteiger partial charge on any atom is -0.432 e. The molecule has 0 saturated carbocycles. The van der Waals surface area contributed by atoms with Crippen molar-refractivity contribution in [2.24, 2.45) is 0 Å². The van der Waals surface area contributed by atoms with Crippen molar-refractivity contribution in [3.63, 3.8) is 0 Å². The fraction of sp³-hybridized carbons (Fsp3) is 0.276. The fourth-order valence-electron chi connectivity index (χ4n) is 4.42. The minimum atomic E-state index is -4.82. The molecule has 9 heteroatoms. The summed E-state index contributed by atoms with van der Waals surface area (Å²) in [6, 6.07) is 21.7. The van der Waals surface area contributed by atoms with E-state index in [9.17, 15) is 18.0 Å². The normalized spacial score (nSPS) is 14.6. The minimum absolute atomic E-state index is 0.175. The molecule has 2 aromatic carbocycles. The van der Waals surface area contributed by atoms with Gasteiger partial charge in [0.25, 0.3) is 0 Å². The van der Waals surface area contributed by atoms with Crippen LogP contribution >= 0.6 is 0 Å². The van der Waals surface area contributed by atoms with Crippen LogP contribution in [0.3, 0.4) is 0 Å². The van der Waals surface area contributed by atoms with E-state index in [4.69, 9.17) is 9.15 Å². The molecular formula is C29H26F3N3O3. The number of ether oxygens (including phenoxy) is 1. The third kappa shape index (κ3) is 6.11. The van der Waals surface area contributed by atoms with Gasteiger partial charge in [0.1, 0.15) is 5.82 Å². The van der Waals surface area contributed by atoms with Gasteiger partial charge in [-0.25, -0.2) is 9.97 Å². The molecular weight excluding hydrogens is 495 g/mol. The van der Waals surface area contributed by atoms with Crippen LogP contribution in [0.1, 0.15) is 40.2 Å². The number of aromatic nitrogens is 2. The van der Waals surface area contributed by atoms with Crippen LogP contribution in [0.25, 0.3) is 11.5 Å². The van der Waals surface area contributed by atoms with E-state index in [0.717, 1.165) is 37.3 Å². The number of nitrogens with zero attached hydrogens (tertiary/aromatic N) is 3. The van der Waals surface area contributed by atoms with E-state index in [2.05, 4.69) is 14.9 Å². The lowest BCUT2D eigenvalue weighted by Gasteiger charge is -2.32. The predicted molar refractivity (Wildman–Crippen MR) is 136 cm³/mol. The molecule has 1 saturated heterocycles. The van der Waals surface area contributed by atoms with Gasteiger partial charge in [0, 0.05) is 31.3 Å². The van der Waals surface area contributed by atoms with Crippen molar-refractivity contribution in [3.05, 3.63) is 102 Å². The van der Waals surface area contributed by atoms with Crippen LogP contribution in [-0.4, -0.2) is 34.9 Å². The van der Waals surface area contributed by atoms with Gasteiger partial charge in [-0.3, -0.25) is 4.79 Å². The Kier molecular flexibility index (Phi) is 7.55. The molecule has 0 spiro atoms. The Morgan fingerprint density at radius 2 is 1.63 bits per heavy atom. The molecule has 6 nitrogen and oxygen atoms in total. The Bertz CT molecular complexity index is 1350. The zero-order valence-electron chi connectivity index (χ0n) is 20.5. The second kappa shape index (κ2) is 11.2. The zero-order valence-corrected chi connectivity index (χ0v) is 20.5. The predicted octanol–water partition coefficient (Wildman–Crippen LogP) is 6.37. The standard InChI is InChI=1S/C29H26F3N3O3/c30-29(31,32)27-26(38-28(34-27)22-9-5-2-6-10-22)24(36)17-21-11-12-25(33-18-21)35-15-13-23(14-16-35)37-19-20-7-3-1-4-8-20/h1-12,18,23H,13-17,19H2. The Morgan fingerprint density at radius 3 is 2.26 bits per heavy atom. The van der Waals surface area contributed by atoms with Crippen molar-refractivity contribution in [1.82, 2.24) is 9.97 Å². The number of alkyl halides is 3. The molecule has 4 aromatic rings. The summed E-state index contributed by atoms with van der Waals surface area (Å²) in [4.78, 5) is 23.0. The number of carbonyl (C=O) groups is 1. The lowest BCUT2D eigenvalue weighted by atomic mass is 10.1. The summed E-state index contributed by atoms with van der Waals surface area (Å²) < 4.78 is 52.1. The topological polar surface area (TPSA) is 68.5 Å². The number of rotatable bonds is 8. The maximum atomic E-state index is 13.6. The molecule has 196 valence electrons. The third-order valence-corrected chi connectivity index (χ3v) is 6.44. The van der Waals surface area contributed by atoms with Gasteiger partial charge in [-0.2, -0.15) is 13.2 Å². The number of hydrogen-bond donors (Lipinski definition) is 0. The summed E-state index contributed by atoms with van der Waals surface area (Å²) >= 11 is 0. The molecule has 0 radical (unpaired) electrons. The average molecular weight is 522 g/mol. The maximum absolute atomic E-state index is 13.6. The van der Waals surface area contributed by atoms with E-state index in [0.29, 0.717) is 17.7 Å². The molecule has 5 rings (SSSR count). The number of halogens is 3. The van der Waals surface area contributed by atoms with Crippen LogP contribution in [0, 0.1) is 0 Å². The first-order chi connectivity index (χ1) is 18.4. The van der Waals surface area contributed by atoms with Crippen LogP contribution in [0.5, 0.6) is 0 Å². The van der Waals surface area contributed by atoms with Gasteiger partial charge in [0.15, 0.2) is 5.69 Å². The third-order valence-electron chi connectivity index (χ3n) is 6.44. The highest BCUT2D eigenvalue weighted by Crippen LogP contribution is 2.35. The van der Waals surface area contributed by atoms with E-state index >= 15 is 0 Å². The monoisotopic (exact) mass is 521 g/mol. The number of carbonyl (C=O) groups excluding carboxylic acids is 1. The Hall–Kier alpha value is -3.98. The number of pyridine rings is 1. The molecule has 3 heterocycles. The first kappa shape index (κ1) is 25.7. The van der Waals surface area contributed by atoms with E-state index in [1.807, 2.05) is 30.3 Å². The summed E-state index contributed by atoms with van der Waals surface area (Å²) in [7, 11) is 0. The highest BCUT2D eigenvalue weighted by Gasteiger charge is 2.41. The summed E-state index contributed by atoms with van der Waals surface area (Å²) in [5.41, 5.74) is 0.678. The second-order valence-electron chi connectivity index (χ2n) is 9.17. The SMILES string of the molecule is O=C(Cc1ccc(N2CCC(OCc3ccccc3)CC2)nc1)c1oc(-c2ccccc2)nc1C(F)(F)F. The number of hydrogen-bond acceptors (Lipinski definition) is 6. The van der Waals surface area contributed by atoms with Crippen LogP contribution in [-0.2, 0) is 23.9 Å². The number of ketones is 1. The Balaban J connectivity index is 1.20. The molecule has 0 unspecified atom stereocenters. The molecule has 0 atom stereocenters. The quantitative estimate of drug-likeness (QED) is 0.251. The van der Waals surface area contributed by atoms with Crippen molar-refractivity contribution < 1.29 is 27.1 Å². The van der Waals surface area contributed by atoms with Crippen LogP contribution in [0.15, 0.2) is 83.4 Å². The van der Waals surface area contributed by atoms with Crippen molar-refractivity contribution in [1.29, 1.82) is 0 Å². The molecule has 0 aliphatic carbocycles.